The summed E-state index contributed by atoms with van der Waals surface area (Å²) in [5.41, 5.74) is 1.50. The second-order valence-corrected chi connectivity index (χ2v) is 4.32. The lowest BCUT2D eigenvalue weighted by atomic mass is 10.3. The SMILES string of the molecule is COCCCSc1c(C=O)c(C)nn1C. The maximum absolute atomic E-state index is 10.9. The molecule has 15 heavy (non-hydrogen) atoms. The monoisotopic (exact) mass is 228 g/mol. The lowest BCUT2D eigenvalue weighted by molar-refractivity contribution is 0.112. The van der Waals surface area contributed by atoms with Crippen molar-refractivity contribution in [3.05, 3.63) is 11.3 Å². The number of methoxy groups -OCH3 is 1. The lowest BCUT2D eigenvalue weighted by Gasteiger charge is -2.02. The molecule has 0 bridgehead atoms. The van der Waals surface area contributed by atoms with Gasteiger partial charge in [0.15, 0.2) is 6.29 Å². The normalized spacial score (nSPS) is 10.6. The van der Waals surface area contributed by atoms with E-state index in [1.165, 1.54) is 0 Å². The van der Waals surface area contributed by atoms with Gasteiger partial charge in [0.05, 0.1) is 11.3 Å². The Labute approximate surface area is 94.0 Å². The molecule has 84 valence electrons. The topological polar surface area (TPSA) is 44.1 Å². The van der Waals surface area contributed by atoms with Crippen LogP contribution in [0.5, 0.6) is 0 Å². The molecule has 0 aliphatic heterocycles. The van der Waals surface area contributed by atoms with Crippen molar-refractivity contribution in [3.8, 4) is 0 Å². The quantitative estimate of drug-likeness (QED) is 0.422. The molecule has 0 amide bonds. The zero-order valence-electron chi connectivity index (χ0n) is 9.32. The summed E-state index contributed by atoms with van der Waals surface area (Å²) in [4.78, 5) is 10.9. The molecule has 0 aliphatic rings. The molecule has 0 saturated carbocycles. The van der Waals surface area contributed by atoms with E-state index in [4.69, 9.17) is 4.74 Å². The molecule has 1 rings (SSSR count). The summed E-state index contributed by atoms with van der Waals surface area (Å²) < 4.78 is 6.73. The average molecular weight is 228 g/mol. The number of ether oxygens (including phenoxy) is 1. The molecular formula is C10H16N2O2S. The van der Waals surface area contributed by atoms with E-state index >= 15 is 0 Å². The van der Waals surface area contributed by atoms with Crippen LogP contribution in [0.4, 0.5) is 0 Å². The fraction of sp³-hybridized carbons (Fsp3) is 0.600. The minimum Gasteiger partial charge on any atom is -0.385 e. The molecular weight excluding hydrogens is 212 g/mol. The molecule has 0 aromatic carbocycles. The zero-order chi connectivity index (χ0) is 11.3. The van der Waals surface area contributed by atoms with Gasteiger partial charge in [-0.1, -0.05) is 0 Å². The first-order chi connectivity index (χ1) is 7.20. The van der Waals surface area contributed by atoms with Gasteiger partial charge >= 0.3 is 0 Å². The molecule has 0 fully saturated rings. The molecule has 5 heteroatoms. The van der Waals surface area contributed by atoms with Crippen LogP contribution in [0.15, 0.2) is 5.03 Å². The van der Waals surface area contributed by atoms with Crippen LogP contribution >= 0.6 is 11.8 Å². The van der Waals surface area contributed by atoms with E-state index in [1.54, 1.807) is 23.6 Å². The number of carbonyl (C=O) groups is 1. The number of hydrogen-bond donors (Lipinski definition) is 0. The van der Waals surface area contributed by atoms with Gasteiger partial charge in [0, 0.05) is 26.5 Å². The van der Waals surface area contributed by atoms with Crippen molar-refractivity contribution >= 4 is 18.0 Å². The predicted octanol–water partition coefficient (Wildman–Crippen LogP) is 1.67. The van der Waals surface area contributed by atoms with E-state index in [0.29, 0.717) is 5.56 Å². The van der Waals surface area contributed by atoms with Gasteiger partial charge in [-0.3, -0.25) is 9.48 Å². The molecule has 0 saturated heterocycles. The van der Waals surface area contributed by atoms with Crippen molar-refractivity contribution in [2.75, 3.05) is 19.5 Å². The van der Waals surface area contributed by atoms with Gasteiger partial charge in [-0.15, -0.1) is 11.8 Å². The summed E-state index contributed by atoms with van der Waals surface area (Å²) >= 11 is 1.65. The summed E-state index contributed by atoms with van der Waals surface area (Å²) in [5, 5.41) is 5.16. The molecule has 0 N–H and O–H groups in total. The highest BCUT2D eigenvalue weighted by Crippen LogP contribution is 2.23. The number of thioether (sulfide) groups is 1. The summed E-state index contributed by atoms with van der Waals surface area (Å²) in [7, 11) is 3.55. The third kappa shape index (κ3) is 3.07. The maximum Gasteiger partial charge on any atom is 0.154 e. The second kappa shape index (κ2) is 5.92. The van der Waals surface area contributed by atoms with Crippen molar-refractivity contribution in [1.29, 1.82) is 0 Å². The number of carbonyl (C=O) groups excluding carboxylic acids is 1. The first-order valence-corrected chi connectivity index (χ1v) is 5.79. The van der Waals surface area contributed by atoms with Gasteiger partial charge < -0.3 is 4.74 Å². The highest BCUT2D eigenvalue weighted by atomic mass is 32.2. The number of rotatable bonds is 6. The van der Waals surface area contributed by atoms with Crippen molar-refractivity contribution in [3.63, 3.8) is 0 Å². The van der Waals surface area contributed by atoms with E-state index in [9.17, 15) is 4.79 Å². The van der Waals surface area contributed by atoms with E-state index in [2.05, 4.69) is 5.10 Å². The molecule has 0 atom stereocenters. The number of aldehydes is 1. The number of aromatic nitrogens is 2. The molecule has 0 radical (unpaired) electrons. The molecule has 1 heterocycles. The van der Waals surface area contributed by atoms with Gasteiger partial charge in [0.25, 0.3) is 0 Å². The Morgan fingerprint density at radius 2 is 2.33 bits per heavy atom. The van der Waals surface area contributed by atoms with Crippen LogP contribution in [0.2, 0.25) is 0 Å². The van der Waals surface area contributed by atoms with Crippen LogP contribution in [-0.4, -0.2) is 35.5 Å². The smallest absolute Gasteiger partial charge is 0.154 e. The maximum atomic E-state index is 10.9. The minimum absolute atomic E-state index is 0.708. The van der Waals surface area contributed by atoms with Crippen molar-refractivity contribution in [1.82, 2.24) is 9.78 Å². The van der Waals surface area contributed by atoms with E-state index in [0.717, 1.165) is 35.8 Å². The number of nitrogens with zero attached hydrogens (tertiary/aromatic N) is 2. The second-order valence-electron chi connectivity index (χ2n) is 3.24. The van der Waals surface area contributed by atoms with Gasteiger partial charge in [-0.2, -0.15) is 5.10 Å². The Balaban J connectivity index is 2.63. The van der Waals surface area contributed by atoms with E-state index in [-0.39, 0.29) is 0 Å². The Morgan fingerprint density at radius 1 is 1.60 bits per heavy atom. The van der Waals surface area contributed by atoms with E-state index < -0.39 is 0 Å². The highest BCUT2D eigenvalue weighted by molar-refractivity contribution is 7.99. The van der Waals surface area contributed by atoms with E-state index in [1.807, 2.05) is 14.0 Å². The van der Waals surface area contributed by atoms with Gasteiger partial charge in [-0.05, 0) is 13.3 Å². The van der Waals surface area contributed by atoms with Crippen LogP contribution in [0.1, 0.15) is 22.5 Å². The molecule has 0 spiro atoms. The first-order valence-electron chi connectivity index (χ1n) is 4.81. The third-order valence-electron chi connectivity index (χ3n) is 2.06. The van der Waals surface area contributed by atoms with Crippen molar-refractivity contribution in [2.45, 2.75) is 18.4 Å². The van der Waals surface area contributed by atoms with Gasteiger partial charge in [0.1, 0.15) is 5.03 Å². The van der Waals surface area contributed by atoms with Gasteiger partial charge in [-0.25, -0.2) is 0 Å². The van der Waals surface area contributed by atoms with Gasteiger partial charge in [0.2, 0.25) is 0 Å². The average Bonchev–Trinajstić information content (AvgIpc) is 2.48. The standard InChI is InChI=1S/C10H16N2O2S/c1-8-9(7-13)10(12(2)11-8)15-6-4-5-14-3/h7H,4-6H2,1-3H3. The number of aryl methyl sites for hydroxylation is 2. The molecule has 1 aromatic rings. The summed E-state index contributed by atoms with van der Waals surface area (Å²) in [6, 6.07) is 0. The minimum atomic E-state index is 0.708. The van der Waals surface area contributed by atoms with Crippen LogP contribution in [0.3, 0.4) is 0 Å². The Morgan fingerprint density at radius 3 is 2.93 bits per heavy atom. The lowest BCUT2D eigenvalue weighted by Crippen LogP contribution is -1.96. The fourth-order valence-corrected chi connectivity index (χ4v) is 2.37. The number of hydrogen-bond acceptors (Lipinski definition) is 4. The molecule has 4 nitrogen and oxygen atoms in total. The molecule has 0 aliphatic carbocycles. The Kier molecular flexibility index (Phi) is 4.84. The third-order valence-corrected chi connectivity index (χ3v) is 3.31. The van der Waals surface area contributed by atoms with Crippen LogP contribution < -0.4 is 0 Å². The summed E-state index contributed by atoms with van der Waals surface area (Å²) in [6.45, 7) is 2.60. The zero-order valence-corrected chi connectivity index (χ0v) is 10.1. The largest absolute Gasteiger partial charge is 0.385 e. The fourth-order valence-electron chi connectivity index (χ4n) is 1.33. The Bertz CT molecular complexity index is 336. The van der Waals surface area contributed by atoms with Crippen LogP contribution in [-0.2, 0) is 11.8 Å². The van der Waals surface area contributed by atoms with Crippen molar-refractivity contribution < 1.29 is 9.53 Å². The van der Waals surface area contributed by atoms with Crippen LogP contribution in [0, 0.1) is 6.92 Å². The predicted molar refractivity (Wildman–Crippen MR) is 60.5 cm³/mol. The Hall–Kier alpha value is -0.810. The van der Waals surface area contributed by atoms with Crippen molar-refractivity contribution in [2.24, 2.45) is 7.05 Å². The van der Waals surface area contributed by atoms with Crippen LogP contribution in [0.25, 0.3) is 0 Å². The molecule has 0 unspecified atom stereocenters. The summed E-state index contributed by atoms with van der Waals surface area (Å²) in [5.74, 6) is 0.938. The summed E-state index contributed by atoms with van der Waals surface area (Å²) in [6.07, 6.45) is 1.85. The highest BCUT2D eigenvalue weighted by Gasteiger charge is 2.12. The first kappa shape index (κ1) is 12.3. The molecule has 1 aromatic heterocycles.